The third-order valence-corrected chi connectivity index (χ3v) is 4.72. The number of benzene rings is 1. The maximum atomic E-state index is 13.4. The van der Waals surface area contributed by atoms with E-state index in [0.29, 0.717) is 0 Å². The molecule has 0 aliphatic carbocycles. The summed E-state index contributed by atoms with van der Waals surface area (Å²) in [7, 11) is 0. The van der Waals surface area contributed by atoms with Crippen molar-refractivity contribution in [3.8, 4) is 5.69 Å². The van der Waals surface area contributed by atoms with Crippen LogP contribution in [0.1, 0.15) is 18.5 Å². The Hall–Kier alpha value is -4.14. The number of fused-ring (bicyclic) bond motifs is 1. The summed E-state index contributed by atoms with van der Waals surface area (Å²) >= 11 is 0. The lowest BCUT2D eigenvalue weighted by Gasteiger charge is -2.18. The molecule has 3 heterocycles. The van der Waals surface area contributed by atoms with Gasteiger partial charge >= 0.3 is 5.69 Å². The number of nitro benzene ring substituents is 1. The first-order valence-corrected chi connectivity index (χ1v) is 8.76. The zero-order valence-corrected chi connectivity index (χ0v) is 15.3. The summed E-state index contributed by atoms with van der Waals surface area (Å²) in [4.78, 5) is 45.3. The van der Waals surface area contributed by atoms with Crippen molar-refractivity contribution in [1.29, 1.82) is 0 Å². The molecule has 1 aromatic carbocycles. The maximum absolute atomic E-state index is 13.4. The standard InChI is InChI=1S/C20H15N5O4/c1-13(14-7-10-21-11-8-14)23-19(26)17-6-3-9-22-18(17)24(20(23)27)15-4-2-5-16(12-15)25(28)29/h2-13H,1H3. The van der Waals surface area contributed by atoms with Gasteiger partial charge in [-0.15, -0.1) is 0 Å². The number of hydrogen-bond acceptors (Lipinski definition) is 6. The largest absolute Gasteiger partial charge is 0.337 e. The molecule has 0 radical (unpaired) electrons. The van der Waals surface area contributed by atoms with Crippen LogP contribution in [0.25, 0.3) is 16.7 Å². The molecule has 0 aliphatic heterocycles. The van der Waals surface area contributed by atoms with Crippen LogP contribution in [0.2, 0.25) is 0 Å². The van der Waals surface area contributed by atoms with E-state index in [4.69, 9.17) is 0 Å². The van der Waals surface area contributed by atoms with E-state index in [0.717, 1.165) is 10.1 Å². The van der Waals surface area contributed by atoms with Crippen LogP contribution < -0.4 is 11.2 Å². The molecule has 0 saturated heterocycles. The van der Waals surface area contributed by atoms with E-state index in [1.165, 1.54) is 29.0 Å². The number of non-ortho nitro benzene ring substituents is 1. The van der Waals surface area contributed by atoms with E-state index in [1.54, 1.807) is 49.6 Å². The van der Waals surface area contributed by atoms with Gasteiger partial charge in [-0.05, 0) is 42.8 Å². The Labute approximate surface area is 163 Å². The van der Waals surface area contributed by atoms with Gasteiger partial charge in [0, 0.05) is 30.7 Å². The number of nitro groups is 1. The Morgan fingerprint density at radius 1 is 1.03 bits per heavy atom. The SMILES string of the molecule is CC(c1ccncc1)n1c(=O)c2cccnc2n(-c2cccc([N+](=O)[O-])c2)c1=O. The van der Waals surface area contributed by atoms with Gasteiger partial charge in [0.15, 0.2) is 5.65 Å². The molecule has 9 nitrogen and oxygen atoms in total. The highest BCUT2D eigenvalue weighted by Gasteiger charge is 2.21. The van der Waals surface area contributed by atoms with Gasteiger partial charge in [-0.1, -0.05) is 6.07 Å². The smallest absolute Gasteiger partial charge is 0.268 e. The van der Waals surface area contributed by atoms with Gasteiger partial charge in [0.2, 0.25) is 0 Å². The third kappa shape index (κ3) is 3.08. The predicted octanol–water partition coefficient (Wildman–Crippen LogP) is 2.46. The first-order valence-electron chi connectivity index (χ1n) is 8.76. The van der Waals surface area contributed by atoms with Crippen LogP contribution in [0.5, 0.6) is 0 Å². The van der Waals surface area contributed by atoms with Crippen molar-refractivity contribution in [2.24, 2.45) is 0 Å². The number of aromatic nitrogens is 4. The topological polar surface area (TPSA) is 113 Å². The number of pyridine rings is 2. The zero-order chi connectivity index (χ0) is 20.5. The van der Waals surface area contributed by atoms with E-state index < -0.39 is 22.2 Å². The fourth-order valence-electron chi connectivity index (χ4n) is 3.27. The molecule has 0 spiro atoms. The minimum Gasteiger partial charge on any atom is -0.268 e. The lowest BCUT2D eigenvalue weighted by molar-refractivity contribution is -0.384. The molecule has 0 amide bonds. The molecule has 0 fully saturated rings. The Morgan fingerprint density at radius 3 is 2.52 bits per heavy atom. The van der Waals surface area contributed by atoms with E-state index in [2.05, 4.69) is 9.97 Å². The second-order valence-corrected chi connectivity index (χ2v) is 6.40. The molecule has 4 aromatic rings. The van der Waals surface area contributed by atoms with E-state index in [9.17, 15) is 19.7 Å². The van der Waals surface area contributed by atoms with Crippen LogP contribution in [-0.2, 0) is 0 Å². The van der Waals surface area contributed by atoms with Crippen molar-refractivity contribution in [2.75, 3.05) is 0 Å². The second-order valence-electron chi connectivity index (χ2n) is 6.40. The van der Waals surface area contributed by atoms with Crippen LogP contribution in [0.4, 0.5) is 5.69 Å². The first kappa shape index (κ1) is 18.2. The van der Waals surface area contributed by atoms with E-state index in [1.807, 2.05) is 0 Å². The predicted molar refractivity (Wildman–Crippen MR) is 106 cm³/mol. The van der Waals surface area contributed by atoms with Gasteiger partial charge in [-0.25, -0.2) is 14.3 Å². The Morgan fingerprint density at radius 2 is 1.79 bits per heavy atom. The minimum atomic E-state index is -0.633. The van der Waals surface area contributed by atoms with Gasteiger partial charge in [0.25, 0.3) is 11.2 Å². The number of nitrogens with zero attached hydrogens (tertiary/aromatic N) is 5. The third-order valence-electron chi connectivity index (χ3n) is 4.72. The molecule has 0 bridgehead atoms. The quantitative estimate of drug-likeness (QED) is 0.391. The molecule has 3 aromatic heterocycles. The summed E-state index contributed by atoms with van der Waals surface area (Å²) in [6, 6.07) is 11.7. The van der Waals surface area contributed by atoms with Crippen molar-refractivity contribution in [3.05, 3.63) is 104 Å². The van der Waals surface area contributed by atoms with Crippen LogP contribution in [-0.4, -0.2) is 24.0 Å². The zero-order valence-electron chi connectivity index (χ0n) is 15.3. The van der Waals surface area contributed by atoms with Crippen LogP contribution in [0.15, 0.2) is 76.7 Å². The first-order chi connectivity index (χ1) is 14.0. The molecule has 0 saturated carbocycles. The van der Waals surface area contributed by atoms with Crippen molar-refractivity contribution in [2.45, 2.75) is 13.0 Å². The second kappa shape index (κ2) is 7.12. The highest BCUT2D eigenvalue weighted by Crippen LogP contribution is 2.20. The molecular formula is C20H15N5O4. The van der Waals surface area contributed by atoms with E-state index in [-0.39, 0.29) is 22.4 Å². The van der Waals surface area contributed by atoms with Crippen LogP contribution in [0, 0.1) is 10.1 Å². The lowest BCUT2D eigenvalue weighted by atomic mass is 10.1. The molecule has 1 atom stereocenters. The molecule has 0 N–H and O–H groups in total. The fraction of sp³-hybridized carbons (Fsp3) is 0.100. The van der Waals surface area contributed by atoms with Crippen molar-refractivity contribution in [3.63, 3.8) is 0 Å². The van der Waals surface area contributed by atoms with Crippen LogP contribution in [0.3, 0.4) is 0 Å². The fourth-order valence-corrected chi connectivity index (χ4v) is 3.27. The highest BCUT2D eigenvalue weighted by molar-refractivity contribution is 5.75. The summed E-state index contributed by atoms with van der Waals surface area (Å²) in [5, 5.41) is 11.4. The van der Waals surface area contributed by atoms with Crippen molar-refractivity contribution >= 4 is 16.7 Å². The summed E-state index contributed by atoms with van der Waals surface area (Å²) in [6.07, 6.45) is 4.63. The van der Waals surface area contributed by atoms with Crippen molar-refractivity contribution in [1.82, 2.24) is 19.1 Å². The van der Waals surface area contributed by atoms with Gasteiger partial charge in [0.1, 0.15) is 0 Å². The Bertz CT molecular complexity index is 1340. The van der Waals surface area contributed by atoms with Gasteiger partial charge in [-0.2, -0.15) is 0 Å². The average Bonchev–Trinajstić information content (AvgIpc) is 2.74. The van der Waals surface area contributed by atoms with Crippen LogP contribution >= 0.6 is 0 Å². The Kier molecular flexibility index (Phi) is 4.47. The molecule has 144 valence electrons. The minimum absolute atomic E-state index is 0.140. The molecule has 29 heavy (non-hydrogen) atoms. The van der Waals surface area contributed by atoms with Crippen molar-refractivity contribution < 1.29 is 4.92 Å². The molecule has 1 unspecified atom stereocenters. The lowest BCUT2D eigenvalue weighted by Crippen LogP contribution is -2.41. The molecule has 9 heteroatoms. The normalized spacial score (nSPS) is 12.0. The van der Waals surface area contributed by atoms with Gasteiger partial charge < -0.3 is 0 Å². The van der Waals surface area contributed by atoms with Gasteiger partial charge in [0.05, 0.1) is 22.0 Å². The summed E-state index contributed by atoms with van der Waals surface area (Å²) in [6.45, 7) is 1.73. The molecule has 0 aliphatic rings. The van der Waals surface area contributed by atoms with E-state index >= 15 is 0 Å². The number of hydrogen-bond donors (Lipinski definition) is 0. The average molecular weight is 389 g/mol. The summed E-state index contributed by atoms with van der Waals surface area (Å²) in [5.74, 6) is 0. The molecular weight excluding hydrogens is 374 g/mol. The monoisotopic (exact) mass is 389 g/mol. The summed E-state index contributed by atoms with van der Waals surface area (Å²) < 4.78 is 2.35. The number of rotatable bonds is 4. The highest BCUT2D eigenvalue weighted by atomic mass is 16.6. The molecule has 4 rings (SSSR count). The maximum Gasteiger partial charge on any atom is 0.337 e. The van der Waals surface area contributed by atoms with Gasteiger partial charge in [-0.3, -0.25) is 24.5 Å². The summed E-state index contributed by atoms with van der Waals surface area (Å²) in [5.41, 5.74) is -0.161. The Balaban J connectivity index is 2.08.